The zero-order valence-corrected chi connectivity index (χ0v) is 11.5. The Kier molecular flexibility index (Phi) is 11.0. The number of rotatable bonds is 8. The zero-order valence-electron chi connectivity index (χ0n) is 7.89. The molecule has 0 aromatic carbocycles. The standard InChI is InChI=1S/C9H20S4/c10-6-2-1-4-8(12)9(13)5-3-7-11/h8-13H,1-7H2. The second-order valence-electron chi connectivity index (χ2n) is 3.22. The highest BCUT2D eigenvalue weighted by Crippen LogP contribution is 2.20. The molecule has 0 heterocycles. The van der Waals surface area contributed by atoms with E-state index in [1.54, 1.807) is 0 Å². The van der Waals surface area contributed by atoms with Gasteiger partial charge in [0.1, 0.15) is 0 Å². The summed E-state index contributed by atoms with van der Waals surface area (Å²) >= 11 is 17.4. The molecular formula is C9H20S4. The number of thiol groups is 4. The summed E-state index contributed by atoms with van der Waals surface area (Å²) in [6, 6.07) is 0. The molecule has 0 aromatic rings. The normalized spacial score (nSPS) is 15.7. The van der Waals surface area contributed by atoms with E-state index >= 15 is 0 Å². The SMILES string of the molecule is SCCCCC(S)C(S)CCCS. The Balaban J connectivity index is 3.38. The molecule has 0 N–H and O–H groups in total. The van der Waals surface area contributed by atoms with Crippen LogP contribution < -0.4 is 0 Å². The van der Waals surface area contributed by atoms with Crippen molar-refractivity contribution in [3.8, 4) is 0 Å². The van der Waals surface area contributed by atoms with Gasteiger partial charge in [-0.05, 0) is 37.2 Å². The van der Waals surface area contributed by atoms with E-state index in [-0.39, 0.29) is 0 Å². The Morgan fingerprint density at radius 1 is 0.692 bits per heavy atom. The Labute approximate surface area is 104 Å². The largest absolute Gasteiger partial charge is 0.179 e. The fraction of sp³-hybridized carbons (Fsp3) is 1.00. The lowest BCUT2D eigenvalue weighted by Gasteiger charge is -2.17. The Hall–Kier alpha value is 1.40. The number of unbranched alkanes of at least 4 members (excludes halogenated alkanes) is 1. The molecule has 0 aromatic heterocycles. The topological polar surface area (TPSA) is 0 Å². The molecule has 0 rings (SSSR count). The molecule has 0 aliphatic rings. The molecule has 0 nitrogen and oxygen atoms in total. The summed E-state index contributed by atoms with van der Waals surface area (Å²) in [5.41, 5.74) is 0. The van der Waals surface area contributed by atoms with Crippen molar-refractivity contribution in [2.24, 2.45) is 0 Å². The van der Waals surface area contributed by atoms with Gasteiger partial charge in [0.05, 0.1) is 0 Å². The van der Waals surface area contributed by atoms with Crippen LogP contribution in [0.15, 0.2) is 0 Å². The molecule has 0 aliphatic heterocycles. The first-order chi connectivity index (χ1) is 6.22. The van der Waals surface area contributed by atoms with Crippen LogP contribution in [0, 0.1) is 0 Å². The highest BCUT2D eigenvalue weighted by atomic mass is 32.1. The quantitative estimate of drug-likeness (QED) is 0.371. The van der Waals surface area contributed by atoms with Gasteiger partial charge in [-0.15, -0.1) is 0 Å². The maximum Gasteiger partial charge on any atom is 0.0134 e. The average Bonchev–Trinajstić information content (AvgIpc) is 2.14. The van der Waals surface area contributed by atoms with Gasteiger partial charge in [0, 0.05) is 10.5 Å². The minimum atomic E-state index is 0.426. The van der Waals surface area contributed by atoms with E-state index in [0.29, 0.717) is 10.5 Å². The van der Waals surface area contributed by atoms with Crippen molar-refractivity contribution < 1.29 is 0 Å². The fourth-order valence-electron chi connectivity index (χ4n) is 1.15. The van der Waals surface area contributed by atoms with Crippen LogP contribution in [-0.2, 0) is 0 Å². The molecule has 2 unspecified atom stereocenters. The second-order valence-corrected chi connectivity index (χ2v) is 5.44. The Bertz CT molecular complexity index is 108. The Morgan fingerprint density at radius 2 is 1.15 bits per heavy atom. The monoisotopic (exact) mass is 256 g/mol. The molecule has 80 valence electrons. The molecule has 2 atom stereocenters. The van der Waals surface area contributed by atoms with Gasteiger partial charge < -0.3 is 0 Å². The summed E-state index contributed by atoms with van der Waals surface area (Å²) in [5.74, 6) is 1.93. The van der Waals surface area contributed by atoms with Crippen molar-refractivity contribution in [2.45, 2.75) is 42.6 Å². The van der Waals surface area contributed by atoms with Gasteiger partial charge in [0.15, 0.2) is 0 Å². The van der Waals surface area contributed by atoms with Crippen molar-refractivity contribution in [1.82, 2.24) is 0 Å². The lowest BCUT2D eigenvalue weighted by Crippen LogP contribution is -2.15. The van der Waals surface area contributed by atoms with E-state index in [0.717, 1.165) is 30.8 Å². The summed E-state index contributed by atoms with van der Waals surface area (Å²) < 4.78 is 0. The first-order valence-corrected chi connectivity index (χ1v) is 7.10. The molecule has 13 heavy (non-hydrogen) atoms. The summed E-state index contributed by atoms with van der Waals surface area (Å²) in [4.78, 5) is 0. The molecule has 0 spiro atoms. The van der Waals surface area contributed by atoms with Crippen LogP contribution in [-0.4, -0.2) is 22.0 Å². The minimum absolute atomic E-state index is 0.426. The van der Waals surface area contributed by atoms with Gasteiger partial charge in [-0.1, -0.05) is 6.42 Å². The van der Waals surface area contributed by atoms with Gasteiger partial charge in [-0.25, -0.2) is 0 Å². The zero-order chi connectivity index (χ0) is 10.1. The molecule has 0 fully saturated rings. The molecule has 4 heteroatoms. The van der Waals surface area contributed by atoms with Crippen molar-refractivity contribution in [2.75, 3.05) is 11.5 Å². The molecule has 0 aliphatic carbocycles. The average molecular weight is 257 g/mol. The summed E-state index contributed by atoms with van der Waals surface area (Å²) in [6.45, 7) is 0. The van der Waals surface area contributed by atoms with E-state index in [1.165, 1.54) is 12.8 Å². The summed E-state index contributed by atoms with van der Waals surface area (Å²) in [5, 5.41) is 0.860. The van der Waals surface area contributed by atoms with E-state index in [4.69, 9.17) is 0 Å². The van der Waals surface area contributed by atoms with E-state index in [1.807, 2.05) is 0 Å². The van der Waals surface area contributed by atoms with Crippen LogP contribution in [0.4, 0.5) is 0 Å². The lowest BCUT2D eigenvalue weighted by atomic mass is 10.1. The molecule has 0 radical (unpaired) electrons. The molecule has 0 saturated heterocycles. The maximum atomic E-state index is 4.54. The highest BCUT2D eigenvalue weighted by molar-refractivity contribution is 7.85. The summed E-state index contributed by atoms with van der Waals surface area (Å²) in [6.07, 6.45) is 5.83. The van der Waals surface area contributed by atoms with Crippen LogP contribution in [0.3, 0.4) is 0 Å². The van der Waals surface area contributed by atoms with Gasteiger partial charge in [0.25, 0.3) is 0 Å². The van der Waals surface area contributed by atoms with Crippen LogP contribution in [0.1, 0.15) is 32.1 Å². The van der Waals surface area contributed by atoms with Crippen LogP contribution >= 0.6 is 50.5 Å². The first kappa shape index (κ1) is 14.4. The van der Waals surface area contributed by atoms with Gasteiger partial charge in [0.2, 0.25) is 0 Å². The number of hydrogen-bond donors (Lipinski definition) is 4. The minimum Gasteiger partial charge on any atom is -0.179 e. The van der Waals surface area contributed by atoms with Crippen LogP contribution in [0.25, 0.3) is 0 Å². The smallest absolute Gasteiger partial charge is 0.0134 e. The third-order valence-corrected chi connectivity index (χ3v) is 4.11. The Morgan fingerprint density at radius 3 is 1.62 bits per heavy atom. The molecule has 0 bridgehead atoms. The fourth-order valence-corrected chi connectivity index (χ4v) is 2.22. The van der Waals surface area contributed by atoms with E-state index in [9.17, 15) is 0 Å². The van der Waals surface area contributed by atoms with Crippen molar-refractivity contribution in [3.63, 3.8) is 0 Å². The van der Waals surface area contributed by atoms with Gasteiger partial charge in [-0.2, -0.15) is 50.5 Å². The van der Waals surface area contributed by atoms with Crippen molar-refractivity contribution in [3.05, 3.63) is 0 Å². The van der Waals surface area contributed by atoms with E-state index in [2.05, 4.69) is 50.5 Å². The van der Waals surface area contributed by atoms with Gasteiger partial charge >= 0.3 is 0 Å². The van der Waals surface area contributed by atoms with E-state index < -0.39 is 0 Å². The third kappa shape index (κ3) is 8.40. The predicted octanol–water partition coefficient (Wildman–Crippen LogP) is 3.39. The first-order valence-electron chi connectivity index (χ1n) is 4.80. The highest BCUT2D eigenvalue weighted by Gasteiger charge is 2.12. The van der Waals surface area contributed by atoms with Crippen molar-refractivity contribution >= 4 is 50.5 Å². The van der Waals surface area contributed by atoms with Gasteiger partial charge in [-0.3, -0.25) is 0 Å². The van der Waals surface area contributed by atoms with Crippen molar-refractivity contribution in [1.29, 1.82) is 0 Å². The molecule has 0 saturated carbocycles. The number of hydrogen-bond acceptors (Lipinski definition) is 4. The lowest BCUT2D eigenvalue weighted by molar-refractivity contribution is 0.637. The third-order valence-electron chi connectivity index (χ3n) is 2.01. The second kappa shape index (κ2) is 9.94. The van der Waals surface area contributed by atoms with Crippen LogP contribution in [0.2, 0.25) is 0 Å². The maximum absolute atomic E-state index is 4.54. The van der Waals surface area contributed by atoms with Crippen LogP contribution in [0.5, 0.6) is 0 Å². The molecule has 0 amide bonds. The molecular weight excluding hydrogens is 236 g/mol. The predicted molar refractivity (Wildman–Crippen MR) is 76.3 cm³/mol. The summed E-state index contributed by atoms with van der Waals surface area (Å²) in [7, 11) is 0.